The molecule has 1 fully saturated rings. The molecule has 1 saturated heterocycles. The Hall–Kier alpha value is -2.17. The Morgan fingerprint density at radius 1 is 1.20 bits per heavy atom. The van der Waals surface area contributed by atoms with E-state index in [-0.39, 0.29) is 5.91 Å². The lowest BCUT2D eigenvalue weighted by molar-refractivity contribution is -0.131. The van der Waals surface area contributed by atoms with Gasteiger partial charge in [0.05, 0.1) is 12.1 Å². The van der Waals surface area contributed by atoms with Gasteiger partial charge in [-0.15, -0.1) is 0 Å². The van der Waals surface area contributed by atoms with Gasteiger partial charge in [-0.2, -0.15) is 0 Å². The summed E-state index contributed by atoms with van der Waals surface area (Å²) in [6.07, 6.45) is 13.0. The monoisotopic (exact) mass is 338 g/mol. The molecule has 25 heavy (non-hydrogen) atoms. The Morgan fingerprint density at radius 2 is 2.08 bits per heavy atom. The van der Waals surface area contributed by atoms with Crippen molar-refractivity contribution in [3.05, 3.63) is 47.8 Å². The molecule has 5 nitrogen and oxygen atoms in total. The minimum absolute atomic E-state index is 0.232. The highest BCUT2D eigenvalue weighted by molar-refractivity contribution is 5.78. The van der Waals surface area contributed by atoms with Crippen molar-refractivity contribution in [2.75, 3.05) is 13.1 Å². The number of amides is 1. The molecule has 5 heteroatoms. The SMILES string of the molecule is O=C(Cc1cn2c(n1)CCCC2)N1CCC(Cc2cccnc2)CC1. The number of hydrogen-bond acceptors (Lipinski definition) is 3. The lowest BCUT2D eigenvalue weighted by Crippen LogP contribution is -2.39. The van der Waals surface area contributed by atoms with Crippen molar-refractivity contribution in [1.82, 2.24) is 19.4 Å². The molecule has 0 radical (unpaired) electrons. The van der Waals surface area contributed by atoms with Gasteiger partial charge in [0.1, 0.15) is 5.82 Å². The molecule has 132 valence electrons. The van der Waals surface area contributed by atoms with Crippen molar-refractivity contribution in [1.29, 1.82) is 0 Å². The van der Waals surface area contributed by atoms with Gasteiger partial charge in [0, 0.05) is 44.6 Å². The molecule has 0 saturated carbocycles. The number of aryl methyl sites for hydroxylation is 2. The molecule has 0 bridgehead atoms. The van der Waals surface area contributed by atoms with Crippen LogP contribution in [0.1, 0.15) is 42.8 Å². The summed E-state index contributed by atoms with van der Waals surface area (Å²) in [5.41, 5.74) is 2.25. The number of likely N-dealkylation sites (tertiary alicyclic amines) is 1. The predicted molar refractivity (Wildman–Crippen MR) is 96.1 cm³/mol. The number of nitrogens with zero attached hydrogens (tertiary/aromatic N) is 4. The molecule has 4 rings (SSSR count). The van der Waals surface area contributed by atoms with Crippen LogP contribution in [-0.4, -0.2) is 38.4 Å². The molecule has 0 atom stereocenters. The Bertz CT molecular complexity index is 693. The van der Waals surface area contributed by atoms with Crippen LogP contribution in [0.4, 0.5) is 0 Å². The van der Waals surface area contributed by atoms with E-state index >= 15 is 0 Å². The fourth-order valence-electron chi connectivity index (χ4n) is 4.06. The second-order valence-electron chi connectivity index (χ2n) is 7.37. The normalized spacial score (nSPS) is 18.2. The van der Waals surface area contributed by atoms with E-state index in [0.29, 0.717) is 12.3 Å². The largest absolute Gasteiger partial charge is 0.342 e. The third-order valence-electron chi connectivity index (χ3n) is 5.51. The van der Waals surface area contributed by atoms with E-state index in [2.05, 4.69) is 26.8 Å². The summed E-state index contributed by atoms with van der Waals surface area (Å²) in [7, 11) is 0. The Morgan fingerprint density at radius 3 is 2.84 bits per heavy atom. The molecule has 2 aromatic rings. The van der Waals surface area contributed by atoms with Crippen molar-refractivity contribution >= 4 is 5.91 Å². The van der Waals surface area contributed by atoms with E-state index < -0.39 is 0 Å². The van der Waals surface area contributed by atoms with Gasteiger partial charge in [-0.05, 0) is 49.7 Å². The molecule has 0 spiro atoms. The highest BCUT2D eigenvalue weighted by Gasteiger charge is 2.24. The zero-order valence-electron chi connectivity index (χ0n) is 14.7. The molecule has 2 aromatic heterocycles. The van der Waals surface area contributed by atoms with Gasteiger partial charge in [-0.1, -0.05) is 6.07 Å². The Kier molecular flexibility index (Phi) is 4.81. The van der Waals surface area contributed by atoms with E-state index in [4.69, 9.17) is 0 Å². The topological polar surface area (TPSA) is 51.0 Å². The van der Waals surface area contributed by atoms with Crippen LogP contribution >= 0.6 is 0 Å². The van der Waals surface area contributed by atoms with Crippen LogP contribution in [0.15, 0.2) is 30.7 Å². The van der Waals surface area contributed by atoms with Gasteiger partial charge in [0.2, 0.25) is 5.91 Å². The van der Waals surface area contributed by atoms with E-state index in [9.17, 15) is 4.79 Å². The van der Waals surface area contributed by atoms with Crippen LogP contribution in [0, 0.1) is 5.92 Å². The summed E-state index contributed by atoms with van der Waals surface area (Å²) in [5, 5.41) is 0. The first-order chi connectivity index (χ1) is 12.3. The standard InChI is InChI=1S/C20H26N4O/c25-20(13-18-15-24-9-2-1-5-19(24)22-18)23-10-6-16(7-11-23)12-17-4-3-8-21-14-17/h3-4,8,14-16H,1-2,5-7,9-13H2. The van der Waals surface area contributed by atoms with Gasteiger partial charge >= 0.3 is 0 Å². The van der Waals surface area contributed by atoms with Crippen LogP contribution in [0.25, 0.3) is 0 Å². The van der Waals surface area contributed by atoms with Crippen molar-refractivity contribution in [3.8, 4) is 0 Å². The second-order valence-corrected chi connectivity index (χ2v) is 7.37. The zero-order chi connectivity index (χ0) is 17.1. The highest BCUT2D eigenvalue weighted by atomic mass is 16.2. The fraction of sp³-hybridized carbons (Fsp3) is 0.550. The van der Waals surface area contributed by atoms with Crippen molar-refractivity contribution in [2.24, 2.45) is 5.92 Å². The summed E-state index contributed by atoms with van der Waals surface area (Å²) in [6, 6.07) is 4.14. The summed E-state index contributed by atoms with van der Waals surface area (Å²) in [4.78, 5) is 23.5. The van der Waals surface area contributed by atoms with E-state index in [1.165, 1.54) is 18.4 Å². The summed E-state index contributed by atoms with van der Waals surface area (Å²) in [6.45, 7) is 2.80. The van der Waals surface area contributed by atoms with Crippen LogP contribution in [-0.2, 0) is 30.6 Å². The number of rotatable bonds is 4. The molecule has 2 aliphatic heterocycles. The lowest BCUT2D eigenvalue weighted by atomic mass is 9.90. The zero-order valence-corrected chi connectivity index (χ0v) is 14.7. The first-order valence-corrected chi connectivity index (χ1v) is 9.49. The minimum atomic E-state index is 0.232. The summed E-state index contributed by atoms with van der Waals surface area (Å²) >= 11 is 0. The quantitative estimate of drug-likeness (QED) is 0.861. The van der Waals surface area contributed by atoms with E-state index in [1.54, 1.807) is 0 Å². The molecular formula is C20H26N4O. The van der Waals surface area contributed by atoms with Crippen molar-refractivity contribution < 1.29 is 4.79 Å². The Labute approximate surface area is 149 Å². The average molecular weight is 338 g/mol. The number of carbonyl (C=O) groups excluding carboxylic acids is 1. The number of carbonyl (C=O) groups is 1. The van der Waals surface area contributed by atoms with Crippen molar-refractivity contribution in [2.45, 2.75) is 51.5 Å². The van der Waals surface area contributed by atoms with Gasteiger partial charge < -0.3 is 9.47 Å². The number of pyridine rings is 1. The number of piperidine rings is 1. The van der Waals surface area contributed by atoms with E-state index in [0.717, 1.165) is 56.8 Å². The van der Waals surface area contributed by atoms with Gasteiger partial charge in [-0.25, -0.2) is 4.98 Å². The Balaban J connectivity index is 1.28. The van der Waals surface area contributed by atoms with Crippen molar-refractivity contribution in [3.63, 3.8) is 0 Å². The minimum Gasteiger partial charge on any atom is -0.342 e. The first-order valence-electron chi connectivity index (χ1n) is 9.49. The maximum absolute atomic E-state index is 12.6. The molecule has 0 unspecified atom stereocenters. The van der Waals surface area contributed by atoms with Crippen LogP contribution in [0.3, 0.4) is 0 Å². The number of fused-ring (bicyclic) bond motifs is 1. The second kappa shape index (κ2) is 7.38. The third kappa shape index (κ3) is 3.91. The lowest BCUT2D eigenvalue weighted by Gasteiger charge is -2.32. The fourth-order valence-corrected chi connectivity index (χ4v) is 4.06. The summed E-state index contributed by atoms with van der Waals surface area (Å²) < 4.78 is 2.23. The van der Waals surface area contributed by atoms with Gasteiger partial charge in [0.25, 0.3) is 0 Å². The maximum atomic E-state index is 12.6. The summed E-state index contributed by atoms with van der Waals surface area (Å²) in [5.74, 6) is 2.05. The molecule has 0 N–H and O–H groups in total. The predicted octanol–water partition coefficient (Wildman–Crippen LogP) is 2.64. The molecule has 0 aliphatic carbocycles. The molecule has 4 heterocycles. The third-order valence-corrected chi connectivity index (χ3v) is 5.51. The number of hydrogen-bond donors (Lipinski definition) is 0. The number of aromatic nitrogens is 3. The molecule has 0 aromatic carbocycles. The smallest absolute Gasteiger partial charge is 0.228 e. The van der Waals surface area contributed by atoms with E-state index in [1.807, 2.05) is 23.4 Å². The van der Waals surface area contributed by atoms with Gasteiger partial charge in [0.15, 0.2) is 0 Å². The molecule has 2 aliphatic rings. The first kappa shape index (κ1) is 16.3. The van der Waals surface area contributed by atoms with Crippen LogP contribution < -0.4 is 0 Å². The average Bonchev–Trinajstić information content (AvgIpc) is 3.05. The number of imidazole rings is 1. The van der Waals surface area contributed by atoms with Crippen LogP contribution in [0.5, 0.6) is 0 Å². The maximum Gasteiger partial charge on any atom is 0.228 e. The molecular weight excluding hydrogens is 312 g/mol. The van der Waals surface area contributed by atoms with Crippen LogP contribution in [0.2, 0.25) is 0 Å². The highest BCUT2D eigenvalue weighted by Crippen LogP contribution is 2.22. The van der Waals surface area contributed by atoms with Gasteiger partial charge in [-0.3, -0.25) is 9.78 Å². The molecule has 1 amide bonds.